The largest absolute Gasteiger partial charge is 0.573 e. The molecule has 0 saturated heterocycles. The first-order chi connectivity index (χ1) is 7.69. The molecule has 0 amide bonds. The molecule has 1 unspecified atom stereocenters. The van der Waals surface area contributed by atoms with Gasteiger partial charge >= 0.3 is 6.36 Å². The second kappa shape index (κ2) is 4.95. The molecule has 1 aromatic rings. The third kappa shape index (κ3) is 4.26. The lowest BCUT2D eigenvalue weighted by Gasteiger charge is -2.12. The van der Waals surface area contributed by atoms with Gasteiger partial charge in [0.15, 0.2) is 0 Å². The summed E-state index contributed by atoms with van der Waals surface area (Å²) in [5, 5.41) is 9.24. The van der Waals surface area contributed by atoms with E-state index in [9.17, 15) is 23.1 Å². The highest BCUT2D eigenvalue weighted by Crippen LogP contribution is 2.33. The topological polar surface area (TPSA) is 46.5 Å². The van der Waals surface area contributed by atoms with Crippen LogP contribution in [0.4, 0.5) is 13.2 Å². The van der Waals surface area contributed by atoms with Crippen LogP contribution in [0.1, 0.15) is 17.3 Å². The van der Waals surface area contributed by atoms with Gasteiger partial charge in [-0.3, -0.25) is 4.79 Å². The van der Waals surface area contributed by atoms with Gasteiger partial charge in [-0.2, -0.15) is 0 Å². The molecule has 0 radical (unpaired) electrons. The van der Waals surface area contributed by atoms with Gasteiger partial charge in [-0.15, -0.1) is 13.2 Å². The molecular weight excluding hydrogens is 305 g/mol. The highest BCUT2D eigenvalue weighted by atomic mass is 79.9. The van der Waals surface area contributed by atoms with Crippen LogP contribution in [0.2, 0.25) is 0 Å². The Hall–Kier alpha value is -1.24. The van der Waals surface area contributed by atoms with Crippen LogP contribution in [0.3, 0.4) is 0 Å². The van der Waals surface area contributed by atoms with Gasteiger partial charge in [0.2, 0.25) is 0 Å². The first-order valence-corrected chi connectivity index (χ1v) is 5.35. The van der Waals surface area contributed by atoms with E-state index in [4.69, 9.17) is 0 Å². The van der Waals surface area contributed by atoms with E-state index >= 15 is 0 Å². The van der Waals surface area contributed by atoms with Crippen molar-refractivity contribution in [1.82, 2.24) is 0 Å². The number of ether oxygens (including phenoxy) is 1. The van der Waals surface area contributed by atoms with Crippen LogP contribution in [0, 0.1) is 0 Å². The molecule has 0 bridgehead atoms. The van der Waals surface area contributed by atoms with E-state index in [2.05, 4.69) is 20.7 Å². The summed E-state index contributed by atoms with van der Waals surface area (Å²) in [4.78, 5) is 10.3. The lowest BCUT2D eigenvalue weighted by atomic mass is 10.1. The number of alkyl halides is 4. The Morgan fingerprint density at radius 1 is 1.41 bits per heavy atom. The Morgan fingerprint density at radius 3 is 2.47 bits per heavy atom. The molecule has 1 atom stereocenters. The molecule has 0 heterocycles. The number of hydrogen-bond donors (Lipinski definition) is 1. The Labute approximate surface area is 103 Å². The van der Waals surface area contributed by atoms with Crippen molar-refractivity contribution < 1.29 is 27.8 Å². The van der Waals surface area contributed by atoms with Crippen LogP contribution >= 0.6 is 15.9 Å². The van der Waals surface area contributed by atoms with Crippen molar-refractivity contribution in [1.29, 1.82) is 0 Å². The summed E-state index contributed by atoms with van der Waals surface area (Å²) in [6.07, 6.45) is -4.84. The fourth-order valence-corrected chi connectivity index (χ4v) is 1.44. The predicted octanol–water partition coefficient (Wildman–Crippen LogP) is 3.32. The summed E-state index contributed by atoms with van der Waals surface area (Å²) in [5.41, 5.74) is 0.191. The van der Waals surface area contributed by atoms with Gasteiger partial charge in [0.1, 0.15) is 17.3 Å². The number of benzene rings is 1. The molecule has 1 rings (SSSR count). The zero-order chi connectivity index (χ0) is 13.2. The van der Waals surface area contributed by atoms with E-state index in [1.165, 1.54) is 13.0 Å². The van der Waals surface area contributed by atoms with Crippen molar-refractivity contribution in [3.05, 3.63) is 23.8 Å². The number of carbonyl (C=O) groups excluding carboxylic acids is 1. The molecular formula is C10H8BrF3O3. The standard InChI is InChI=1S/C10H8BrF3O3/c1-5(15)9(11)6-2-7(16)4-8(3-6)17-10(12,13)14/h2-4,9,16H,1H3. The van der Waals surface area contributed by atoms with Gasteiger partial charge in [0.25, 0.3) is 0 Å². The molecule has 0 aromatic heterocycles. The van der Waals surface area contributed by atoms with Gasteiger partial charge in [0.05, 0.1) is 4.83 Å². The first kappa shape index (κ1) is 13.8. The molecule has 1 N–H and O–H groups in total. The Balaban J connectivity index is 3.06. The summed E-state index contributed by atoms with van der Waals surface area (Å²) < 4.78 is 39.6. The number of Topliss-reactive ketones (excluding diaryl/α,β-unsaturated/α-hetero) is 1. The first-order valence-electron chi connectivity index (χ1n) is 4.43. The van der Waals surface area contributed by atoms with Crippen molar-refractivity contribution in [2.24, 2.45) is 0 Å². The quantitative estimate of drug-likeness (QED) is 0.871. The smallest absolute Gasteiger partial charge is 0.508 e. The maximum atomic E-state index is 12.0. The van der Waals surface area contributed by atoms with E-state index in [1.807, 2.05) is 0 Å². The average Bonchev–Trinajstić information content (AvgIpc) is 2.12. The molecule has 94 valence electrons. The summed E-state index contributed by atoms with van der Waals surface area (Å²) in [6, 6.07) is 3.04. The molecule has 0 fully saturated rings. The minimum absolute atomic E-state index is 0.191. The van der Waals surface area contributed by atoms with Crippen LogP contribution in [-0.4, -0.2) is 17.3 Å². The maximum Gasteiger partial charge on any atom is 0.573 e. The number of carbonyl (C=O) groups is 1. The van der Waals surface area contributed by atoms with Crippen molar-refractivity contribution >= 4 is 21.7 Å². The second-order valence-corrected chi connectivity index (χ2v) is 4.20. The van der Waals surface area contributed by atoms with E-state index in [1.54, 1.807) is 0 Å². The fourth-order valence-electron chi connectivity index (χ4n) is 1.18. The summed E-state index contributed by atoms with van der Waals surface area (Å²) >= 11 is 3.00. The Morgan fingerprint density at radius 2 is 2.00 bits per heavy atom. The predicted molar refractivity (Wildman–Crippen MR) is 57.1 cm³/mol. The molecule has 1 aromatic carbocycles. The SMILES string of the molecule is CC(=O)C(Br)c1cc(O)cc(OC(F)(F)F)c1. The summed E-state index contributed by atoms with van der Waals surface area (Å²) in [7, 11) is 0. The number of halogens is 4. The third-order valence-electron chi connectivity index (χ3n) is 1.80. The van der Waals surface area contributed by atoms with Gasteiger partial charge < -0.3 is 9.84 Å². The second-order valence-electron chi connectivity index (χ2n) is 3.28. The normalized spacial score (nSPS) is 13.2. The lowest BCUT2D eigenvalue weighted by Crippen LogP contribution is -2.17. The van der Waals surface area contributed by atoms with Gasteiger partial charge in [-0.25, -0.2) is 0 Å². The third-order valence-corrected chi connectivity index (χ3v) is 2.97. The molecule has 17 heavy (non-hydrogen) atoms. The molecule has 0 spiro atoms. The highest BCUT2D eigenvalue weighted by Gasteiger charge is 2.31. The summed E-state index contributed by atoms with van der Waals surface area (Å²) in [5.74, 6) is -1.28. The van der Waals surface area contributed by atoms with Gasteiger partial charge in [-0.1, -0.05) is 15.9 Å². The maximum absolute atomic E-state index is 12.0. The van der Waals surface area contributed by atoms with Crippen LogP contribution in [0.15, 0.2) is 18.2 Å². The number of hydrogen-bond acceptors (Lipinski definition) is 3. The van der Waals surface area contributed by atoms with Crippen molar-refractivity contribution in [3.8, 4) is 11.5 Å². The number of ketones is 1. The fraction of sp³-hybridized carbons (Fsp3) is 0.300. The number of phenolic OH excluding ortho intramolecular Hbond substituents is 1. The molecule has 0 aliphatic rings. The average molecular weight is 313 g/mol. The highest BCUT2D eigenvalue weighted by molar-refractivity contribution is 9.09. The van der Waals surface area contributed by atoms with E-state index in [-0.39, 0.29) is 11.3 Å². The molecule has 7 heteroatoms. The lowest BCUT2D eigenvalue weighted by molar-refractivity contribution is -0.274. The summed E-state index contributed by atoms with van der Waals surface area (Å²) in [6.45, 7) is 1.27. The molecule has 0 aliphatic heterocycles. The van der Waals surface area contributed by atoms with Gasteiger partial charge in [-0.05, 0) is 24.6 Å². The van der Waals surface area contributed by atoms with Crippen molar-refractivity contribution in [3.63, 3.8) is 0 Å². The van der Waals surface area contributed by atoms with Gasteiger partial charge in [0, 0.05) is 6.07 Å². The number of rotatable bonds is 3. The zero-order valence-electron chi connectivity index (χ0n) is 8.58. The van der Waals surface area contributed by atoms with E-state index < -0.39 is 22.7 Å². The van der Waals surface area contributed by atoms with Crippen LogP contribution in [0.25, 0.3) is 0 Å². The van der Waals surface area contributed by atoms with Crippen LogP contribution in [0.5, 0.6) is 11.5 Å². The minimum atomic E-state index is -4.84. The minimum Gasteiger partial charge on any atom is -0.508 e. The van der Waals surface area contributed by atoms with Crippen LogP contribution < -0.4 is 4.74 Å². The Bertz CT molecular complexity index is 431. The van der Waals surface area contributed by atoms with E-state index in [0.29, 0.717) is 0 Å². The number of phenols is 1. The molecule has 3 nitrogen and oxygen atoms in total. The monoisotopic (exact) mass is 312 g/mol. The Kier molecular flexibility index (Phi) is 4.03. The van der Waals surface area contributed by atoms with Crippen molar-refractivity contribution in [2.45, 2.75) is 18.1 Å². The molecule has 0 saturated carbocycles. The van der Waals surface area contributed by atoms with Crippen molar-refractivity contribution in [2.75, 3.05) is 0 Å². The van der Waals surface area contributed by atoms with E-state index in [0.717, 1.165) is 12.1 Å². The zero-order valence-corrected chi connectivity index (χ0v) is 10.2. The number of aromatic hydroxyl groups is 1. The van der Waals surface area contributed by atoms with Crippen LogP contribution in [-0.2, 0) is 4.79 Å². The molecule has 0 aliphatic carbocycles.